The van der Waals surface area contributed by atoms with Crippen molar-refractivity contribution in [1.82, 2.24) is 0 Å². The number of rotatable bonds is 6. The molecule has 0 amide bonds. The fourth-order valence-electron chi connectivity index (χ4n) is 11.0. The number of hydrogen-bond donors (Lipinski definition) is 0. The van der Waals surface area contributed by atoms with Crippen molar-refractivity contribution in [3.8, 4) is 44.5 Å². The lowest BCUT2D eigenvalue weighted by Crippen LogP contribution is -2.34. The van der Waals surface area contributed by atoms with Crippen LogP contribution in [0.2, 0.25) is 0 Å². The highest BCUT2D eigenvalue weighted by Gasteiger charge is 2.39. The summed E-state index contributed by atoms with van der Waals surface area (Å²) in [6.45, 7) is 14.5. The lowest BCUT2D eigenvalue weighted by Gasteiger charge is -2.43. The Morgan fingerprint density at radius 2 is 0.903 bits per heavy atom. The molecule has 0 fully saturated rings. The van der Waals surface area contributed by atoms with Crippen molar-refractivity contribution in [3.05, 3.63) is 210 Å². The number of fused-ring (bicyclic) bond motifs is 7. The van der Waals surface area contributed by atoms with Gasteiger partial charge in [-0.05, 0) is 149 Å². The third kappa shape index (κ3) is 6.04. The van der Waals surface area contributed by atoms with Crippen LogP contribution in [0, 0.1) is 0 Å². The molecule has 0 saturated heterocycles. The van der Waals surface area contributed by atoms with E-state index in [1.54, 1.807) is 0 Å². The largest absolute Gasteiger partial charge is 0.310 e. The van der Waals surface area contributed by atoms with Gasteiger partial charge in [0.05, 0.1) is 5.69 Å². The Kier molecular flexibility index (Phi) is 8.75. The molecule has 0 heterocycles. The molecular formula is C61H53N. The summed E-state index contributed by atoms with van der Waals surface area (Å²) in [5.41, 5.74) is 19.5. The Balaban J connectivity index is 1.09. The summed E-state index contributed by atoms with van der Waals surface area (Å²) in [5, 5.41) is 5.10. The van der Waals surface area contributed by atoms with Gasteiger partial charge in [-0.25, -0.2) is 0 Å². The normalized spacial score (nSPS) is 15.5. The number of para-hydroxylation sites is 1. The first kappa shape index (κ1) is 38.2. The molecule has 0 atom stereocenters. The van der Waals surface area contributed by atoms with E-state index in [0.717, 1.165) is 11.4 Å². The highest BCUT2D eigenvalue weighted by atomic mass is 15.1. The van der Waals surface area contributed by atoms with Gasteiger partial charge in [-0.1, -0.05) is 187 Å². The summed E-state index contributed by atoms with van der Waals surface area (Å²) < 4.78 is 0. The molecule has 0 N–H and O–H groups in total. The van der Waals surface area contributed by atoms with Crippen molar-refractivity contribution in [2.24, 2.45) is 0 Å². The molecule has 0 aliphatic heterocycles. The Morgan fingerprint density at radius 1 is 0.355 bits per heavy atom. The van der Waals surface area contributed by atoms with Crippen LogP contribution in [-0.4, -0.2) is 0 Å². The first-order chi connectivity index (χ1) is 30.0. The molecule has 0 unspecified atom stereocenters. The van der Waals surface area contributed by atoms with E-state index in [0.29, 0.717) is 0 Å². The van der Waals surface area contributed by atoms with Crippen molar-refractivity contribution in [2.75, 3.05) is 4.90 Å². The molecule has 0 radical (unpaired) electrons. The van der Waals surface area contributed by atoms with Gasteiger partial charge in [-0.3, -0.25) is 0 Å². The zero-order valence-electron chi connectivity index (χ0n) is 36.8. The van der Waals surface area contributed by atoms with Crippen LogP contribution in [0.4, 0.5) is 17.1 Å². The molecule has 11 rings (SSSR count). The van der Waals surface area contributed by atoms with Crippen LogP contribution < -0.4 is 4.90 Å². The van der Waals surface area contributed by atoms with Gasteiger partial charge in [-0.2, -0.15) is 0 Å². The monoisotopic (exact) mass is 799 g/mol. The zero-order chi connectivity index (χ0) is 42.4. The summed E-state index contributed by atoms with van der Waals surface area (Å²) in [6, 6.07) is 70.5. The highest BCUT2D eigenvalue weighted by Crippen LogP contribution is 2.54. The van der Waals surface area contributed by atoms with Crippen molar-refractivity contribution < 1.29 is 0 Å². The highest BCUT2D eigenvalue weighted by molar-refractivity contribution is 6.13. The third-order valence-electron chi connectivity index (χ3n) is 14.5. The van der Waals surface area contributed by atoms with Crippen LogP contribution >= 0.6 is 0 Å². The Morgan fingerprint density at radius 3 is 1.66 bits per heavy atom. The van der Waals surface area contributed by atoms with E-state index in [-0.39, 0.29) is 16.2 Å². The maximum absolute atomic E-state index is 2.49. The van der Waals surface area contributed by atoms with E-state index < -0.39 is 0 Å². The first-order valence-corrected chi connectivity index (χ1v) is 22.4. The molecule has 2 aliphatic carbocycles. The molecule has 1 heteroatoms. The van der Waals surface area contributed by atoms with Crippen LogP contribution in [0.1, 0.15) is 76.6 Å². The van der Waals surface area contributed by atoms with Crippen molar-refractivity contribution in [3.63, 3.8) is 0 Å². The summed E-state index contributed by atoms with van der Waals surface area (Å²) >= 11 is 0. The smallest absolute Gasteiger partial charge is 0.0543 e. The minimum Gasteiger partial charge on any atom is -0.310 e. The second-order valence-corrected chi connectivity index (χ2v) is 19.6. The number of hydrogen-bond acceptors (Lipinski definition) is 1. The van der Waals surface area contributed by atoms with Gasteiger partial charge in [0, 0.05) is 22.4 Å². The Labute approximate surface area is 367 Å². The van der Waals surface area contributed by atoms with Gasteiger partial charge in [0.15, 0.2) is 0 Å². The quantitative estimate of drug-likeness (QED) is 0.151. The summed E-state index contributed by atoms with van der Waals surface area (Å²) in [6.07, 6.45) is 2.39. The van der Waals surface area contributed by atoms with Gasteiger partial charge in [0.1, 0.15) is 0 Å². The summed E-state index contributed by atoms with van der Waals surface area (Å²) in [5.74, 6) is 0. The van der Waals surface area contributed by atoms with Gasteiger partial charge in [-0.15, -0.1) is 0 Å². The average molecular weight is 800 g/mol. The second kappa shape index (κ2) is 14.2. The van der Waals surface area contributed by atoms with E-state index in [9.17, 15) is 0 Å². The van der Waals surface area contributed by atoms with Crippen molar-refractivity contribution in [1.29, 1.82) is 0 Å². The maximum Gasteiger partial charge on any atom is 0.0543 e. The predicted molar refractivity (Wildman–Crippen MR) is 265 cm³/mol. The van der Waals surface area contributed by atoms with E-state index in [1.807, 2.05) is 0 Å². The van der Waals surface area contributed by atoms with Crippen LogP contribution in [0.25, 0.3) is 66.1 Å². The molecule has 0 bridgehead atoms. The topological polar surface area (TPSA) is 3.24 Å². The van der Waals surface area contributed by atoms with Crippen LogP contribution in [0.15, 0.2) is 188 Å². The number of nitrogens with zero attached hydrogens (tertiary/aromatic N) is 1. The molecular weight excluding hydrogens is 747 g/mol. The molecule has 0 spiro atoms. The molecule has 0 aromatic heterocycles. The summed E-state index contributed by atoms with van der Waals surface area (Å²) in [7, 11) is 0. The number of benzene rings is 9. The standard InChI is InChI=1S/C61H53N/c1-59(2)35-36-60(3,4)58-47(24-16-26-55(58)59)40-27-29-42(30-28-40)52-38-53-50-23-14-15-25-54(50)61(5,6)56(53)39-57(52)62(44-18-8-7-9-19-44)45-33-31-41(32-34-45)51-37-43-17-10-11-20-46(43)48-21-12-13-22-49(48)51/h7-34,37-39H,35-36H2,1-6H3. The lowest BCUT2D eigenvalue weighted by molar-refractivity contribution is 0.333. The fraction of sp³-hybridized carbons (Fsp3) is 0.180. The van der Waals surface area contributed by atoms with Gasteiger partial charge >= 0.3 is 0 Å². The van der Waals surface area contributed by atoms with E-state index in [4.69, 9.17) is 0 Å². The summed E-state index contributed by atoms with van der Waals surface area (Å²) in [4.78, 5) is 2.48. The third-order valence-corrected chi connectivity index (χ3v) is 14.5. The lowest BCUT2D eigenvalue weighted by atomic mass is 9.61. The molecule has 0 saturated carbocycles. The Hall–Kier alpha value is -6.70. The molecule has 302 valence electrons. The van der Waals surface area contributed by atoms with E-state index in [2.05, 4.69) is 234 Å². The van der Waals surface area contributed by atoms with E-state index >= 15 is 0 Å². The SMILES string of the molecule is CC1(C)CCC(C)(C)c2c(-c3ccc(-c4cc5c(cc4N(c4ccccc4)c4ccc(-c6cc7ccccc7c7ccccc67)cc4)C(C)(C)c4ccccc4-5)cc3)cccc21. The minimum atomic E-state index is -0.153. The van der Waals surface area contributed by atoms with Gasteiger partial charge < -0.3 is 4.90 Å². The van der Waals surface area contributed by atoms with Crippen LogP contribution in [0.3, 0.4) is 0 Å². The van der Waals surface area contributed by atoms with E-state index in [1.165, 1.54) is 107 Å². The van der Waals surface area contributed by atoms with Crippen molar-refractivity contribution in [2.45, 2.75) is 70.6 Å². The van der Waals surface area contributed by atoms with Gasteiger partial charge in [0.25, 0.3) is 0 Å². The number of anilines is 3. The molecule has 9 aromatic carbocycles. The van der Waals surface area contributed by atoms with Crippen molar-refractivity contribution >= 4 is 38.6 Å². The average Bonchev–Trinajstić information content (AvgIpc) is 3.53. The van der Waals surface area contributed by atoms with Gasteiger partial charge in [0.2, 0.25) is 0 Å². The second-order valence-electron chi connectivity index (χ2n) is 19.6. The fourth-order valence-corrected chi connectivity index (χ4v) is 11.0. The Bertz CT molecular complexity index is 3180. The minimum absolute atomic E-state index is 0.112. The molecule has 9 aromatic rings. The van der Waals surface area contributed by atoms with Crippen LogP contribution in [0.5, 0.6) is 0 Å². The first-order valence-electron chi connectivity index (χ1n) is 22.4. The maximum atomic E-state index is 2.49. The molecule has 62 heavy (non-hydrogen) atoms. The molecule has 1 nitrogen and oxygen atoms in total. The predicted octanol–water partition coefficient (Wildman–Crippen LogP) is 17.1. The molecule has 2 aliphatic rings. The zero-order valence-corrected chi connectivity index (χ0v) is 36.8. The van der Waals surface area contributed by atoms with Crippen LogP contribution in [-0.2, 0) is 16.2 Å².